The van der Waals surface area contributed by atoms with Crippen molar-refractivity contribution in [2.75, 3.05) is 13.7 Å². The van der Waals surface area contributed by atoms with Crippen molar-refractivity contribution in [3.8, 4) is 0 Å². The van der Waals surface area contributed by atoms with E-state index in [1.54, 1.807) is 19.2 Å². The van der Waals surface area contributed by atoms with Crippen LogP contribution in [-0.4, -0.2) is 46.2 Å². The summed E-state index contributed by atoms with van der Waals surface area (Å²) in [5.74, 6) is -2.06. The van der Waals surface area contributed by atoms with Crippen LogP contribution < -0.4 is 10.0 Å². The van der Waals surface area contributed by atoms with Gasteiger partial charge in [0.2, 0.25) is 10.0 Å². The Morgan fingerprint density at radius 2 is 1.74 bits per heavy atom. The van der Waals surface area contributed by atoms with Crippen molar-refractivity contribution < 1.29 is 35.9 Å². The van der Waals surface area contributed by atoms with Gasteiger partial charge in [0.1, 0.15) is 12.6 Å². The molecule has 27 heavy (non-hydrogen) atoms. The molecule has 0 saturated carbocycles. The van der Waals surface area contributed by atoms with E-state index in [0.717, 1.165) is 31.4 Å². The van der Waals surface area contributed by atoms with Gasteiger partial charge < -0.3 is 10.1 Å². The highest BCUT2D eigenvalue weighted by atomic mass is 32.2. The number of rotatable bonds is 8. The van der Waals surface area contributed by atoms with Crippen LogP contribution in [0.25, 0.3) is 0 Å². The van der Waals surface area contributed by atoms with Crippen molar-refractivity contribution in [1.29, 1.82) is 0 Å². The summed E-state index contributed by atoms with van der Waals surface area (Å²) >= 11 is 0. The maximum absolute atomic E-state index is 12.5. The van der Waals surface area contributed by atoms with E-state index in [9.17, 15) is 31.2 Å². The van der Waals surface area contributed by atoms with Gasteiger partial charge in [-0.05, 0) is 30.2 Å². The van der Waals surface area contributed by atoms with Crippen molar-refractivity contribution in [2.24, 2.45) is 5.92 Å². The fraction of sp³-hybridized carbons (Fsp3) is 0.500. The van der Waals surface area contributed by atoms with E-state index in [1.807, 2.05) is 0 Å². The monoisotopic (exact) mass is 410 g/mol. The van der Waals surface area contributed by atoms with Crippen molar-refractivity contribution in [3.63, 3.8) is 0 Å². The van der Waals surface area contributed by atoms with Gasteiger partial charge in [-0.2, -0.15) is 17.9 Å². The maximum Gasteiger partial charge on any atom is 0.405 e. The Morgan fingerprint density at radius 1 is 1.19 bits per heavy atom. The molecular weight excluding hydrogens is 389 g/mol. The van der Waals surface area contributed by atoms with Crippen molar-refractivity contribution in [2.45, 2.75) is 37.4 Å². The summed E-state index contributed by atoms with van der Waals surface area (Å²) in [7, 11) is -2.97. The molecule has 0 radical (unpaired) electrons. The Kier molecular flexibility index (Phi) is 7.78. The number of hydrogen-bond acceptors (Lipinski definition) is 5. The predicted octanol–water partition coefficient (Wildman–Crippen LogP) is 1.84. The molecule has 0 aliphatic carbocycles. The molecule has 0 unspecified atom stereocenters. The summed E-state index contributed by atoms with van der Waals surface area (Å²) in [6.45, 7) is 1.96. The number of carbonyl (C=O) groups excluding carboxylic acids is 2. The SMILES string of the molecule is CC[C@H](C)[C@H](NS(=O)(=O)c1ccc(C(=O)NCC(F)(F)F)cc1)C(=O)OC. The summed E-state index contributed by atoms with van der Waals surface area (Å²) in [5, 5.41) is 1.68. The third-order valence-corrected chi connectivity index (χ3v) is 5.28. The van der Waals surface area contributed by atoms with Crippen LogP contribution in [0.2, 0.25) is 0 Å². The number of benzene rings is 1. The lowest BCUT2D eigenvalue weighted by Crippen LogP contribution is -2.45. The molecule has 2 N–H and O–H groups in total. The zero-order valence-corrected chi connectivity index (χ0v) is 15.8. The minimum absolute atomic E-state index is 0.135. The summed E-state index contributed by atoms with van der Waals surface area (Å²) in [6, 6.07) is 3.19. The molecule has 2 atom stereocenters. The average Bonchev–Trinajstić information content (AvgIpc) is 2.62. The molecular formula is C16H21F3N2O5S. The number of methoxy groups -OCH3 is 1. The van der Waals surface area contributed by atoms with Gasteiger partial charge in [-0.25, -0.2) is 8.42 Å². The number of ether oxygens (including phenoxy) is 1. The number of sulfonamides is 1. The number of alkyl halides is 3. The lowest BCUT2D eigenvalue weighted by atomic mass is 10.0. The Hall–Kier alpha value is -2.14. The summed E-state index contributed by atoms with van der Waals surface area (Å²) in [4.78, 5) is 23.2. The lowest BCUT2D eigenvalue weighted by Gasteiger charge is -2.21. The highest BCUT2D eigenvalue weighted by Gasteiger charge is 2.31. The molecule has 0 aliphatic heterocycles. The molecule has 7 nitrogen and oxygen atoms in total. The Labute approximate surface area is 155 Å². The number of hydrogen-bond donors (Lipinski definition) is 2. The fourth-order valence-corrected chi connectivity index (χ4v) is 3.36. The zero-order valence-electron chi connectivity index (χ0n) is 15.0. The van der Waals surface area contributed by atoms with E-state index in [0.29, 0.717) is 6.42 Å². The number of esters is 1. The molecule has 0 heterocycles. The summed E-state index contributed by atoms with van der Waals surface area (Å²) < 4.78 is 68.1. The third-order valence-electron chi connectivity index (χ3n) is 3.83. The summed E-state index contributed by atoms with van der Waals surface area (Å²) in [6.07, 6.45) is -4.04. The van der Waals surface area contributed by atoms with Crippen LogP contribution in [0.3, 0.4) is 0 Å². The van der Waals surface area contributed by atoms with E-state index < -0.39 is 40.7 Å². The second kappa shape index (κ2) is 9.18. The van der Waals surface area contributed by atoms with Crippen molar-refractivity contribution in [3.05, 3.63) is 29.8 Å². The molecule has 0 spiro atoms. The molecule has 0 fully saturated rings. The fourth-order valence-electron chi connectivity index (χ4n) is 2.06. The Bertz CT molecular complexity index is 763. The molecule has 152 valence electrons. The van der Waals surface area contributed by atoms with Gasteiger partial charge in [-0.15, -0.1) is 0 Å². The number of halogens is 3. The van der Waals surface area contributed by atoms with E-state index in [4.69, 9.17) is 0 Å². The van der Waals surface area contributed by atoms with E-state index in [2.05, 4.69) is 9.46 Å². The highest BCUT2D eigenvalue weighted by Crippen LogP contribution is 2.16. The number of nitrogens with one attached hydrogen (secondary N) is 2. The van der Waals surface area contributed by atoms with Crippen LogP contribution in [-0.2, 0) is 19.6 Å². The minimum Gasteiger partial charge on any atom is -0.468 e. The molecule has 11 heteroatoms. The second-order valence-electron chi connectivity index (χ2n) is 5.83. The number of amides is 1. The van der Waals surface area contributed by atoms with Gasteiger partial charge in [-0.3, -0.25) is 9.59 Å². The minimum atomic E-state index is -4.55. The van der Waals surface area contributed by atoms with Crippen LogP contribution >= 0.6 is 0 Å². The van der Waals surface area contributed by atoms with Gasteiger partial charge in [-0.1, -0.05) is 20.3 Å². The molecule has 0 saturated heterocycles. The van der Waals surface area contributed by atoms with Gasteiger partial charge >= 0.3 is 12.1 Å². The highest BCUT2D eigenvalue weighted by molar-refractivity contribution is 7.89. The van der Waals surface area contributed by atoms with Gasteiger partial charge in [0.25, 0.3) is 5.91 Å². The first kappa shape index (κ1) is 22.9. The molecule has 1 rings (SSSR count). The average molecular weight is 410 g/mol. The Balaban J connectivity index is 2.95. The van der Waals surface area contributed by atoms with Gasteiger partial charge in [0.05, 0.1) is 12.0 Å². The first-order chi connectivity index (χ1) is 12.4. The quantitative estimate of drug-likeness (QED) is 0.637. The van der Waals surface area contributed by atoms with Crippen LogP contribution in [0.15, 0.2) is 29.2 Å². The van der Waals surface area contributed by atoms with Crippen LogP contribution in [0.5, 0.6) is 0 Å². The van der Waals surface area contributed by atoms with Gasteiger partial charge in [0.15, 0.2) is 0 Å². The smallest absolute Gasteiger partial charge is 0.405 e. The predicted molar refractivity (Wildman–Crippen MR) is 90.4 cm³/mol. The number of carbonyl (C=O) groups is 2. The first-order valence-corrected chi connectivity index (χ1v) is 9.44. The second-order valence-corrected chi connectivity index (χ2v) is 7.54. The maximum atomic E-state index is 12.5. The molecule has 0 aliphatic rings. The van der Waals surface area contributed by atoms with E-state index >= 15 is 0 Å². The molecule has 0 aromatic heterocycles. The van der Waals surface area contributed by atoms with Crippen LogP contribution in [0.4, 0.5) is 13.2 Å². The summed E-state index contributed by atoms with van der Waals surface area (Å²) in [5.41, 5.74) is -0.135. The largest absolute Gasteiger partial charge is 0.468 e. The first-order valence-electron chi connectivity index (χ1n) is 7.96. The zero-order chi connectivity index (χ0) is 20.8. The van der Waals surface area contributed by atoms with Crippen molar-refractivity contribution in [1.82, 2.24) is 10.0 Å². The Morgan fingerprint density at radius 3 is 2.19 bits per heavy atom. The molecule has 1 aromatic rings. The molecule has 1 aromatic carbocycles. The standard InChI is InChI=1S/C16H21F3N2O5S/c1-4-10(2)13(15(23)26-3)21-27(24,25)12-7-5-11(6-8-12)14(22)20-9-16(17,18)19/h5-8,10,13,21H,4,9H2,1-3H3,(H,20,22)/t10-,13-/m0/s1. The topological polar surface area (TPSA) is 102 Å². The molecule has 0 bridgehead atoms. The van der Waals surface area contributed by atoms with E-state index in [1.165, 1.54) is 0 Å². The normalized spacial score (nSPS) is 14.3. The van der Waals surface area contributed by atoms with Crippen LogP contribution in [0, 0.1) is 5.92 Å². The van der Waals surface area contributed by atoms with Crippen LogP contribution in [0.1, 0.15) is 30.6 Å². The van der Waals surface area contributed by atoms with Crippen molar-refractivity contribution >= 4 is 21.9 Å². The van der Waals surface area contributed by atoms with Gasteiger partial charge in [0, 0.05) is 5.56 Å². The molecule has 1 amide bonds. The third kappa shape index (κ3) is 6.83. The lowest BCUT2D eigenvalue weighted by molar-refractivity contribution is -0.143. The van der Waals surface area contributed by atoms with E-state index in [-0.39, 0.29) is 16.4 Å².